The molecule has 2 aliphatic heterocycles. The van der Waals surface area contributed by atoms with Crippen molar-refractivity contribution in [2.45, 2.75) is 31.8 Å². The molecule has 0 aliphatic carbocycles. The van der Waals surface area contributed by atoms with Crippen LogP contribution in [0.3, 0.4) is 0 Å². The summed E-state index contributed by atoms with van der Waals surface area (Å²) < 4.78 is 1.70. The van der Waals surface area contributed by atoms with E-state index in [2.05, 4.69) is 42.0 Å². The molecule has 1 atom stereocenters. The zero-order chi connectivity index (χ0) is 31.1. The third kappa shape index (κ3) is 5.47. The van der Waals surface area contributed by atoms with E-state index in [0.29, 0.717) is 50.1 Å². The number of hydrogen-bond acceptors (Lipinski definition) is 8. The number of piperidine rings is 1. The Hall–Kier alpha value is -4.25. The molecule has 2 aromatic carbocycles. The number of fused-ring (bicyclic) bond motifs is 2. The fourth-order valence-corrected chi connectivity index (χ4v) is 7.37. The van der Waals surface area contributed by atoms with Gasteiger partial charge >= 0.3 is 0 Å². The smallest absolute Gasteiger partial charge is 0.265 e. The van der Waals surface area contributed by atoms with Gasteiger partial charge in [0, 0.05) is 55.6 Å². The third-order valence-corrected chi connectivity index (χ3v) is 9.74. The average Bonchev–Trinajstić information content (AvgIpc) is 3.07. The molecule has 2 fully saturated rings. The first-order valence-corrected chi connectivity index (χ1v) is 16.0. The molecule has 0 unspecified atom stereocenters. The number of nitrogens with one attached hydrogen (secondary N) is 2. The second kappa shape index (κ2) is 12.3. The maximum Gasteiger partial charge on any atom is 0.265 e. The van der Waals surface area contributed by atoms with E-state index >= 15 is 0 Å². The fraction of sp³-hybridized carbons (Fsp3) is 0.353. The number of anilines is 2. The van der Waals surface area contributed by atoms with Gasteiger partial charge in [0.05, 0.1) is 27.8 Å². The van der Waals surface area contributed by atoms with Gasteiger partial charge in [0.25, 0.3) is 5.56 Å². The van der Waals surface area contributed by atoms with Crippen molar-refractivity contribution in [3.05, 3.63) is 98.4 Å². The lowest BCUT2D eigenvalue weighted by atomic mass is 10.0. The van der Waals surface area contributed by atoms with Crippen LogP contribution in [0.1, 0.15) is 31.5 Å². The van der Waals surface area contributed by atoms with Gasteiger partial charge in [-0.25, -0.2) is 9.97 Å². The number of benzene rings is 2. The maximum atomic E-state index is 14.7. The molecule has 0 amide bonds. The summed E-state index contributed by atoms with van der Waals surface area (Å²) in [6.07, 6.45) is 5.37. The molecular formula is C34H37ClN8O2. The monoisotopic (exact) mass is 624 g/mol. The van der Waals surface area contributed by atoms with Crippen molar-refractivity contribution in [3.8, 4) is 5.69 Å². The van der Waals surface area contributed by atoms with Crippen LogP contribution >= 0.6 is 11.6 Å². The van der Waals surface area contributed by atoms with Crippen molar-refractivity contribution in [1.29, 1.82) is 0 Å². The zero-order valence-electron chi connectivity index (χ0n) is 25.5. The Bertz CT molecular complexity index is 1960. The molecule has 0 radical (unpaired) electrons. The molecule has 0 spiro atoms. The number of halogens is 1. The Morgan fingerprint density at radius 3 is 2.42 bits per heavy atom. The molecule has 0 saturated carbocycles. The third-order valence-electron chi connectivity index (χ3n) is 9.35. The zero-order valence-corrected chi connectivity index (χ0v) is 26.3. The molecule has 2 aliphatic rings. The van der Waals surface area contributed by atoms with E-state index in [1.807, 2.05) is 55.5 Å². The second-order valence-electron chi connectivity index (χ2n) is 12.1. The summed E-state index contributed by atoms with van der Waals surface area (Å²) in [5, 5.41) is 5.51. The van der Waals surface area contributed by atoms with Gasteiger partial charge in [0.2, 0.25) is 0 Å². The Kier molecular flexibility index (Phi) is 8.03. The summed E-state index contributed by atoms with van der Waals surface area (Å²) in [5.74, 6) is 0.369. The lowest BCUT2D eigenvalue weighted by Gasteiger charge is -2.43. The van der Waals surface area contributed by atoms with Crippen molar-refractivity contribution in [2.75, 3.05) is 56.5 Å². The van der Waals surface area contributed by atoms with Crippen LogP contribution in [0.15, 0.2) is 76.7 Å². The number of para-hydroxylation sites is 1. The van der Waals surface area contributed by atoms with Crippen LogP contribution in [-0.4, -0.2) is 81.7 Å². The molecule has 7 rings (SSSR count). The molecular weight excluding hydrogens is 588 g/mol. The van der Waals surface area contributed by atoms with Crippen molar-refractivity contribution >= 4 is 44.9 Å². The van der Waals surface area contributed by atoms with Crippen molar-refractivity contribution < 1.29 is 0 Å². The van der Waals surface area contributed by atoms with E-state index < -0.39 is 6.04 Å². The van der Waals surface area contributed by atoms with Crippen molar-refractivity contribution in [3.63, 3.8) is 0 Å². The predicted molar refractivity (Wildman–Crippen MR) is 181 cm³/mol. The van der Waals surface area contributed by atoms with E-state index in [-0.39, 0.29) is 11.0 Å². The molecule has 5 aromatic rings. The minimum absolute atomic E-state index is 0.136. The van der Waals surface area contributed by atoms with Crippen LogP contribution in [0.4, 0.5) is 11.5 Å². The van der Waals surface area contributed by atoms with Crippen LogP contribution in [0, 0.1) is 0 Å². The number of aromatic amines is 1. The highest BCUT2D eigenvalue weighted by Gasteiger charge is 2.29. The Morgan fingerprint density at radius 2 is 1.67 bits per heavy atom. The van der Waals surface area contributed by atoms with Crippen LogP contribution < -0.4 is 21.2 Å². The molecule has 2 saturated heterocycles. The lowest BCUT2D eigenvalue weighted by molar-refractivity contribution is 0.115. The standard InChI is InChI=1S/C34H37ClN8O2/c1-22(39-33-29-27(44)11-14-36-32(29)37-21-38-33)31-30(35)25-9-6-10-26(28(25)34(45)43(31)24-7-4-3-5-8-24)42-19-17-41(18-20-42)23-12-15-40(2)16-13-23/h3-11,14,21-23H,12-13,15-20H2,1-2H3,(H2,36,37,38,39,44)/t22-/m0/s1. The topological polar surface area (TPSA) is 102 Å². The van der Waals surface area contributed by atoms with Gasteiger partial charge in [-0.3, -0.25) is 19.1 Å². The first-order valence-electron chi connectivity index (χ1n) is 15.6. The number of pyridine rings is 2. The van der Waals surface area contributed by atoms with E-state index in [1.54, 1.807) is 10.8 Å². The summed E-state index contributed by atoms with van der Waals surface area (Å²) in [6.45, 7) is 7.85. The number of rotatable bonds is 6. The van der Waals surface area contributed by atoms with Crippen molar-refractivity contribution in [2.24, 2.45) is 0 Å². The fourth-order valence-electron chi connectivity index (χ4n) is 6.96. The molecule has 0 bridgehead atoms. The number of nitrogens with zero attached hydrogens (tertiary/aromatic N) is 6. The Balaban J connectivity index is 1.30. The van der Waals surface area contributed by atoms with Crippen LogP contribution in [0.2, 0.25) is 5.02 Å². The van der Waals surface area contributed by atoms with Gasteiger partial charge in [0.1, 0.15) is 23.2 Å². The van der Waals surface area contributed by atoms with Crippen LogP contribution in [0.5, 0.6) is 0 Å². The predicted octanol–water partition coefficient (Wildman–Crippen LogP) is 4.66. The lowest BCUT2D eigenvalue weighted by Crippen LogP contribution is -2.53. The highest BCUT2D eigenvalue weighted by molar-refractivity contribution is 6.36. The van der Waals surface area contributed by atoms with Crippen molar-refractivity contribution in [1.82, 2.24) is 29.3 Å². The van der Waals surface area contributed by atoms with Gasteiger partial charge in [-0.2, -0.15) is 0 Å². The summed E-state index contributed by atoms with van der Waals surface area (Å²) in [6, 6.07) is 17.1. The molecule has 10 nitrogen and oxygen atoms in total. The van der Waals surface area contributed by atoms with E-state index in [0.717, 1.165) is 45.0 Å². The summed E-state index contributed by atoms with van der Waals surface area (Å²) in [4.78, 5) is 46.4. The van der Waals surface area contributed by atoms with Gasteiger partial charge in [-0.15, -0.1) is 0 Å². The SMILES string of the molecule is C[C@H](Nc1ncnc2[nH]ccc(=O)c12)c1c(Cl)c2cccc(N3CCN(C4CCN(C)CC4)CC3)c2c(=O)n1-c1ccccc1. The number of likely N-dealkylation sites (tertiary alicyclic amines) is 1. The minimum atomic E-state index is -0.491. The quantitative estimate of drug-likeness (QED) is 0.281. The number of H-pyrrole nitrogens is 1. The summed E-state index contributed by atoms with van der Waals surface area (Å²) in [5.41, 5.74) is 2.30. The molecule has 232 valence electrons. The minimum Gasteiger partial charge on any atom is -0.368 e. The Morgan fingerprint density at radius 1 is 0.911 bits per heavy atom. The van der Waals surface area contributed by atoms with Gasteiger partial charge < -0.3 is 20.1 Å². The van der Waals surface area contributed by atoms with Crippen LogP contribution in [-0.2, 0) is 0 Å². The van der Waals surface area contributed by atoms with Gasteiger partial charge in [-0.1, -0.05) is 41.9 Å². The number of piperazine rings is 1. The second-order valence-corrected chi connectivity index (χ2v) is 12.5. The molecule has 3 aromatic heterocycles. The summed E-state index contributed by atoms with van der Waals surface area (Å²) in [7, 11) is 2.20. The highest BCUT2D eigenvalue weighted by atomic mass is 35.5. The first kappa shape index (κ1) is 29.5. The maximum absolute atomic E-state index is 14.7. The molecule has 11 heteroatoms. The normalized spacial score (nSPS) is 17.6. The largest absolute Gasteiger partial charge is 0.368 e. The van der Waals surface area contributed by atoms with E-state index in [1.165, 1.54) is 25.2 Å². The van der Waals surface area contributed by atoms with Gasteiger partial charge in [-0.05, 0) is 58.1 Å². The molecule has 2 N–H and O–H groups in total. The molecule has 5 heterocycles. The summed E-state index contributed by atoms with van der Waals surface area (Å²) >= 11 is 7.30. The van der Waals surface area contributed by atoms with Gasteiger partial charge in [0.15, 0.2) is 5.43 Å². The number of hydrogen-bond donors (Lipinski definition) is 2. The number of aromatic nitrogens is 4. The van der Waals surface area contributed by atoms with E-state index in [4.69, 9.17) is 11.6 Å². The first-order chi connectivity index (χ1) is 21.9. The highest BCUT2D eigenvalue weighted by Crippen LogP contribution is 2.36. The Labute approximate surface area is 266 Å². The average molecular weight is 625 g/mol. The van der Waals surface area contributed by atoms with Crippen LogP contribution in [0.25, 0.3) is 27.5 Å². The molecule has 45 heavy (non-hydrogen) atoms. The van der Waals surface area contributed by atoms with E-state index in [9.17, 15) is 9.59 Å².